The summed E-state index contributed by atoms with van der Waals surface area (Å²) in [5, 5.41) is 12.6. The fourth-order valence-corrected chi connectivity index (χ4v) is 2.78. The van der Waals surface area contributed by atoms with Gasteiger partial charge >= 0.3 is 5.97 Å². The lowest BCUT2D eigenvalue weighted by molar-refractivity contribution is -0.141. The third-order valence-corrected chi connectivity index (χ3v) is 4.18. The second kappa shape index (κ2) is 5.66. The number of hydrogen-bond acceptors (Lipinski definition) is 2. The van der Waals surface area contributed by atoms with Gasteiger partial charge in [0, 0.05) is 34.9 Å². The summed E-state index contributed by atoms with van der Waals surface area (Å²) < 4.78 is 0.943. The molecule has 0 saturated carbocycles. The Kier molecular flexibility index (Phi) is 4.13. The highest BCUT2D eigenvalue weighted by Gasteiger charge is 2.21. The maximum atomic E-state index is 11.2. The van der Waals surface area contributed by atoms with Crippen LogP contribution in [0.25, 0.3) is 10.9 Å². The maximum absolute atomic E-state index is 11.2. The minimum atomic E-state index is -1.04. The molecule has 3 N–H and O–H groups in total. The van der Waals surface area contributed by atoms with Crippen molar-refractivity contribution in [1.82, 2.24) is 10.3 Å². The average molecular weight is 339 g/mol. The van der Waals surface area contributed by atoms with E-state index in [0.29, 0.717) is 0 Å². The summed E-state index contributed by atoms with van der Waals surface area (Å²) in [6.45, 7) is 3.29. The highest BCUT2D eigenvalue weighted by Crippen LogP contribution is 2.30. The summed E-state index contributed by atoms with van der Waals surface area (Å²) in [5.41, 5.74) is 2.87. The van der Waals surface area contributed by atoms with Crippen LogP contribution >= 0.6 is 15.9 Å². The third kappa shape index (κ3) is 2.85. The SMILES string of the molecule is CC(=O)NC(Cc1c[nH]c2ccc(C)c(Br)c12)C(=O)O. The number of aryl methyl sites for hydroxylation is 1. The molecule has 1 amide bonds. The zero-order valence-electron chi connectivity index (χ0n) is 11.2. The number of carboxylic acids is 1. The molecule has 1 atom stereocenters. The molecule has 0 spiro atoms. The number of fused-ring (bicyclic) bond motifs is 1. The number of carbonyl (C=O) groups is 2. The summed E-state index contributed by atoms with van der Waals surface area (Å²) in [6, 6.07) is 3.00. The fraction of sp³-hybridized carbons (Fsp3) is 0.286. The Balaban J connectivity index is 2.40. The van der Waals surface area contributed by atoms with Gasteiger partial charge in [-0.3, -0.25) is 4.79 Å². The lowest BCUT2D eigenvalue weighted by atomic mass is 10.0. The number of rotatable bonds is 4. The molecule has 0 radical (unpaired) electrons. The summed E-state index contributed by atoms with van der Waals surface area (Å²) in [7, 11) is 0. The molecule has 106 valence electrons. The van der Waals surface area contributed by atoms with Crippen LogP contribution < -0.4 is 5.32 Å². The highest BCUT2D eigenvalue weighted by atomic mass is 79.9. The van der Waals surface area contributed by atoms with Crippen LogP contribution in [0.1, 0.15) is 18.1 Å². The minimum Gasteiger partial charge on any atom is -0.480 e. The number of hydrogen-bond donors (Lipinski definition) is 3. The van der Waals surface area contributed by atoms with Crippen molar-refractivity contribution in [3.05, 3.63) is 33.9 Å². The normalized spacial score (nSPS) is 12.3. The van der Waals surface area contributed by atoms with Crippen LogP contribution in [-0.2, 0) is 16.0 Å². The standard InChI is InChI=1S/C14H15BrN2O3/c1-7-3-4-10-12(13(7)15)9(6-16-10)5-11(14(19)20)17-8(2)18/h3-4,6,11,16H,5H2,1-2H3,(H,17,18)(H,19,20). The Hall–Kier alpha value is -1.82. The zero-order chi connectivity index (χ0) is 14.9. The van der Waals surface area contributed by atoms with Crippen molar-refractivity contribution in [1.29, 1.82) is 0 Å². The Morgan fingerprint density at radius 3 is 2.75 bits per heavy atom. The van der Waals surface area contributed by atoms with Gasteiger partial charge in [0.15, 0.2) is 0 Å². The van der Waals surface area contributed by atoms with Crippen molar-refractivity contribution in [2.45, 2.75) is 26.3 Å². The first-order valence-electron chi connectivity index (χ1n) is 6.15. The van der Waals surface area contributed by atoms with Gasteiger partial charge in [-0.2, -0.15) is 0 Å². The van der Waals surface area contributed by atoms with Gasteiger partial charge in [-0.15, -0.1) is 0 Å². The van der Waals surface area contributed by atoms with Crippen LogP contribution in [0.5, 0.6) is 0 Å². The number of amides is 1. The van der Waals surface area contributed by atoms with Gasteiger partial charge < -0.3 is 15.4 Å². The molecule has 1 heterocycles. The minimum absolute atomic E-state index is 0.233. The summed E-state index contributed by atoms with van der Waals surface area (Å²) in [6.07, 6.45) is 2.02. The number of aromatic amines is 1. The third-order valence-electron chi connectivity index (χ3n) is 3.16. The molecular formula is C14H15BrN2O3. The topological polar surface area (TPSA) is 82.2 Å². The number of halogens is 1. The lowest BCUT2D eigenvalue weighted by Crippen LogP contribution is -2.41. The Morgan fingerprint density at radius 1 is 1.45 bits per heavy atom. The van der Waals surface area contributed by atoms with E-state index in [1.54, 1.807) is 6.20 Å². The number of carbonyl (C=O) groups excluding carboxylic acids is 1. The lowest BCUT2D eigenvalue weighted by Gasteiger charge is -2.13. The fourth-order valence-electron chi connectivity index (χ4n) is 2.18. The van der Waals surface area contributed by atoms with E-state index in [2.05, 4.69) is 26.2 Å². The average Bonchev–Trinajstić information content (AvgIpc) is 2.76. The summed E-state index contributed by atoms with van der Waals surface area (Å²) >= 11 is 3.53. The molecule has 0 aliphatic carbocycles. The Labute approximate surface area is 124 Å². The van der Waals surface area contributed by atoms with E-state index in [-0.39, 0.29) is 12.3 Å². The van der Waals surface area contributed by atoms with Gasteiger partial charge in [0.1, 0.15) is 6.04 Å². The monoisotopic (exact) mass is 338 g/mol. The number of aromatic nitrogens is 1. The molecule has 6 heteroatoms. The van der Waals surface area contributed by atoms with E-state index in [4.69, 9.17) is 0 Å². The van der Waals surface area contributed by atoms with E-state index in [9.17, 15) is 14.7 Å². The zero-order valence-corrected chi connectivity index (χ0v) is 12.7. The van der Waals surface area contributed by atoms with Gasteiger partial charge in [0.2, 0.25) is 5.91 Å². The van der Waals surface area contributed by atoms with Gasteiger partial charge in [0.25, 0.3) is 0 Å². The summed E-state index contributed by atoms with van der Waals surface area (Å²) in [5.74, 6) is -1.40. The number of benzene rings is 1. The molecular weight excluding hydrogens is 324 g/mol. The van der Waals surface area contributed by atoms with Crippen LogP contribution in [0, 0.1) is 6.92 Å². The summed E-state index contributed by atoms with van der Waals surface area (Å²) in [4.78, 5) is 25.4. The molecule has 0 aliphatic rings. The number of carboxylic acid groups (broad SMARTS) is 1. The number of aliphatic carboxylic acids is 1. The van der Waals surface area contributed by atoms with Crippen molar-refractivity contribution in [3.8, 4) is 0 Å². The van der Waals surface area contributed by atoms with Crippen LogP contribution in [-0.4, -0.2) is 28.0 Å². The molecule has 1 aromatic carbocycles. The first kappa shape index (κ1) is 14.6. The van der Waals surface area contributed by atoms with E-state index in [0.717, 1.165) is 26.5 Å². The van der Waals surface area contributed by atoms with Crippen molar-refractivity contribution in [2.75, 3.05) is 0 Å². The second-order valence-corrected chi connectivity index (χ2v) is 5.52. The van der Waals surface area contributed by atoms with Crippen molar-refractivity contribution in [2.24, 2.45) is 0 Å². The highest BCUT2D eigenvalue weighted by molar-refractivity contribution is 9.10. The van der Waals surface area contributed by atoms with E-state index < -0.39 is 12.0 Å². The first-order chi connectivity index (χ1) is 9.40. The van der Waals surface area contributed by atoms with Gasteiger partial charge in [-0.25, -0.2) is 4.79 Å². The van der Waals surface area contributed by atoms with Crippen molar-refractivity contribution < 1.29 is 14.7 Å². The van der Waals surface area contributed by atoms with Crippen LogP contribution in [0.2, 0.25) is 0 Å². The molecule has 20 heavy (non-hydrogen) atoms. The van der Waals surface area contributed by atoms with Crippen LogP contribution in [0.3, 0.4) is 0 Å². The van der Waals surface area contributed by atoms with Gasteiger partial charge in [-0.1, -0.05) is 6.07 Å². The quantitative estimate of drug-likeness (QED) is 0.800. The predicted octanol–water partition coefficient (Wildman–Crippen LogP) is 2.37. The predicted molar refractivity (Wildman–Crippen MR) is 79.7 cm³/mol. The van der Waals surface area contributed by atoms with E-state index in [1.807, 2.05) is 19.1 Å². The molecule has 0 fully saturated rings. The largest absolute Gasteiger partial charge is 0.480 e. The molecule has 1 unspecified atom stereocenters. The van der Waals surface area contributed by atoms with Gasteiger partial charge in [0.05, 0.1) is 0 Å². The van der Waals surface area contributed by atoms with Crippen molar-refractivity contribution in [3.63, 3.8) is 0 Å². The molecule has 1 aromatic heterocycles. The first-order valence-corrected chi connectivity index (χ1v) is 6.94. The van der Waals surface area contributed by atoms with Crippen molar-refractivity contribution >= 4 is 38.7 Å². The Morgan fingerprint density at radius 2 is 2.15 bits per heavy atom. The molecule has 2 rings (SSSR count). The molecule has 0 saturated heterocycles. The molecule has 0 bridgehead atoms. The Bertz CT molecular complexity index is 678. The number of H-pyrrole nitrogens is 1. The molecule has 5 nitrogen and oxygen atoms in total. The van der Waals surface area contributed by atoms with Crippen LogP contribution in [0.15, 0.2) is 22.8 Å². The van der Waals surface area contributed by atoms with E-state index in [1.165, 1.54) is 6.92 Å². The van der Waals surface area contributed by atoms with E-state index >= 15 is 0 Å². The number of nitrogens with one attached hydrogen (secondary N) is 2. The van der Waals surface area contributed by atoms with Gasteiger partial charge in [-0.05, 0) is 40.0 Å². The molecule has 2 aromatic rings. The smallest absolute Gasteiger partial charge is 0.326 e. The van der Waals surface area contributed by atoms with Crippen LogP contribution in [0.4, 0.5) is 0 Å². The molecule has 0 aliphatic heterocycles. The second-order valence-electron chi connectivity index (χ2n) is 4.73. The maximum Gasteiger partial charge on any atom is 0.326 e.